The molecule has 0 aromatic heterocycles. The first-order valence-corrected chi connectivity index (χ1v) is 6.61. The van der Waals surface area contributed by atoms with Crippen LogP contribution in [0.25, 0.3) is 0 Å². The number of rotatable bonds is 4. The number of benzene rings is 1. The number of morpholine rings is 1. The Bertz CT molecular complexity index is 465. The van der Waals surface area contributed by atoms with Crippen molar-refractivity contribution in [3.05, 3.63) is 28.8 Å². The molecule has 1 heterocycles. The van der Waals surface area contributed by atoms with Gasteiger partial charge in [0.15, 0.2) is 5.78 Å². The van der Waals surface area contributed by atoms with Crippen LogP contribution in [0.15, 0.2) is 12.1 Å². The van der Waals surface area contributed by atoms with Gasteiger partial charge in [-0.05, 0) is 31.0 Å². The van der Waals surface area contributed by atoms with E-state index in [1.807, 2.05) is 26.0 Å². The lowest BCUT2D eigenvalue weighted by molar-refractivity contribution is 0.0675. The fraction of sp³-hybridized carbons (Fsp3) is 0.533. The van der Waals surface area contributed by atoms with Gasteiger partial charge in [-0.1, -0.05) is 6.07 Å². The number of hydrogen-bond acceptors (Lipinski definition) is 4. The zero-order valence-electron chi connectivity index (χ0n) is 11.8. The van der Waals surface area contributed by atoms with Gasteiger partial charge in [0.05, 0.1) is 25.9 Å². The van der Waals surface area contributed by atoms with Crippen molar-refractivity contribution in [2.75, 3.05) is 26.9 Å². The average molecular weight is 263 g/mol. The van der Waals surface area contributed by atoms with Crippen molar-refractivity contribution in [1.29, 1.82) is 0 Å². The number of Topliss-reactive ketones (excluding diaryl/α,β-unsaturated/α-hetero) is 1. The van der Waals surface area contributed by atoms with Crippen molar-refractivity contribution in [1.82, 2.24) is 5.32 Å². The molecule has 0 saturated carbocycles. The lowest BCUT2D eigenvalue weighted by Crippen LogP contribution is -2.42. The topological polar surface area (TPSA) is 47.6 Å². The molecule has 1 atom stereocenters. The molecular weight excluding hydrogens is 242 g/mol. The van der Waals surface area contributed by atoms with Gasteiger partial charge in [-0.2, -0.15) is 0 Å². The molecule has 1 aliphatic rings. The summed E-state index contributed by atoms with van der Waals surface area (Å²) in [6.45, 7) is 6.08. The maximum absolute atomic E-state index is 12.4. The van der Waals surface area contributed by atoms with Crippen LogP contribution in [0.3, 0.4) is 0 Å². The average Bonchev–Trinajstić information content (AvgIpc) is 2.39. The molecule has 1 aliphatic heterocycles. The van der Waals surface area contributed by atoms with Crippen molar-refractivity contribution < 1.29 is 14.3 Å². The Morgan fingerprint density at radius 3 is 2.89 bits per heavy atom. The quantitative estimate of drug-likeness (QED) is 0.843. The fourth-order valence-electron chi connectivity index (χ4n) is 2.52. The molecule has 2 rings (SSSR count). The highest BCUT2D eigenvalue weighted by molar-refractivity contribution is 5.99. The van der Waals surface area contributed by atoms with Crippen LogP contribution in [0.1, 0.15) is 27.9 Å². The number of ketones is 1. The molecule has 1 unspecified atom stereocenters. The summed E-state index contributed by atoms with van der Waals surface area (Å²) in [6.07, 6.45) is 0.444. The number of hydrogen-bond donors (Lipinski definition) is 1. The van der Waals surface area contributed by atoms with Crippen molar-refractivity contribution in [3.8, 4) is 5.75 Å². The summed E-state index contributed by atoms with van der Waals surface area (Å²) >= 11 is 0. The first-order valence-electron chi connectivity index (χ1n) is 6.61. The predicted molar refractivity (Wildman–Crippen MR) is 74.0 cm³/mol. The van der Waals surface area contributed by atoms with E-state index >= 15 is 0 Å². The highest BCUT2D eigenvalue weighted by atomic mass is 16.5. The van der Waals surface area contributed by atoms with Crippen molar-refractivity contribution in [3.63, 3.8) is 0 Å². The highest BCUT2D eigenvalue weighted by Crippen LogP contribution is 2.26. The molecule has 0 aliphatic carbocycles. The molecule has 0 radical (unpaired) electrons. The maximum atomic E-state index is 12.4. The second-order valence-corrected chi connectivity index (χ2v) is 5.02. The van der Waals surface area contributed by atoms with Crippen LogP contribution in [0.5, 0.6) is 5.75 Å². The monoisotopic (exact) mass is 263 g/mol. The molecule has 0 bridgehead atoms. The van der Waals surface area contributed by atoms with E-state index in [0.717, 1.165) is 24.3 Å². The van der Waals surface area contributed by atoms with Crippen LogP contribution in [-0.2, 0) is 4.74 Å². The van der Waals surface area contributed by atoms with Crippen LogP contribution >= 0.6 is 0 Å². The summed E-state index contributed by atoms with van der Waals surface area (Å²) in [6, 6.07) is 4.03. The lowest BCUT2D eigenvalue weighted by Gasteiger charge is -2.23. The lowest BCUT2D eigenvalue weighted by atomic mass is 9.98. The Kier molecular flexibility index (Phi) is 4.56. The normalized spacial score (nSPS) is 19.2. The molecule has 19 heavy (non-hydrogen) atoms. The highest BCUT2D eigenvalue weighted by Gasteiger charge is 2.21. The number of carbonyl (C=O) groups excluding carboxylic acids is 1. The number of methoxy groups -OCH3 is 1. The molecule has 1 fully saturated rings. The molecule has 1 aromatic carbocycles. The zero-order chi connectivity index (χ0) is 13.8. The Morgan fingerprint density at radius 2 is 2.26 bits per heavy atom. The second-order valence-electron chi connectivity index (χ2n) is 5.02. The first-order chi connectivity index (χ1) is 9.11. The third-order valence-electron chi connectivity index (χ3n) is 3.35. The third-order valence-corrected chi connectivity index (χ3v) is 3.35. The minimum absolute atomic E-state index is 0.103. The minimum Gasteiger partial charge on any atom is -0.496 e. The molecule has 1 aromatic rings. The minimum atomic E-state index is 0.103. The number of ether oxygens (including phenoxy) is 2. The number of aryl methyl sites for hydroxylation is 2. The van der Waals surface area contributed by atoms with Gasteiger partial charge >= 0.3 is 0 Å². The summed E-state index contributed by atoms with van der Waals surface area (Å²) < 4.78 is 10.7. The first kappa shape index (κ1) is 14.0. The zero-order valence-corrected chi connectivity index (χ0v) is 11.8. The van der Waals surface area contributed by atoms with Gasteiger partial charge in [-0.25, -0.2) is 0 Å². The van der Waals surface area contributed by atoms with Gasteiger partial charge in [0.1, 0.15) is 5.75 Å². The van der Waals surface area contributed by atoms with Crippen molar-refractivity contribution >= 4 is 5.78 Å². The van der Waals surface area contributed by atoms with Crippen LogP contribution in [0.2, 0.25) is 0 Å². The molecule has 104 valence electrons. The fourth-order valence-corrected chi connectivity index (χ4v) is 2.52. The van der Waals surface area contributed by atoms with E-state index in [0.29, 0.717) is 24.3 Å². The Morgan fingerprint density at radius 1 is 1.47 bits per heavy atom. The molecule has 1 saturated heterocycles. The van der Waals surface area contributed by atoms with Crippen LogP contribution in [0.4, 0.5) is 0 Å². The van der Waals surface area contributed by atoms with E-state index < -0.39 is 0 Å². The summed E-state index contributed by atoms with van der Waals surface area (Å²) in [7, 11) is 1.61. The van der Waals surface area contributed by atoms with E-state index in [1.54, 1.807) is 7.11 Å². The van der Waals surface area contributed by atoms with E-state index in [9.17, 15) is 4.79 Å². The van der Waals surface area contributed by atoms with Crippen molar-refractivity contribution in [2.45, 2.75) is 26.3 Å². The number of nitrogens with one attached hydrogen (secondary N) is 1. The van der Waals surface area contributed by atoms with E-state index in [2.05, 4.69) is 5.32 Å². The van der Waals surface area contributed by atoms with Crippen LogP contribution < -0.4 is 10.1 Å². The SMILES string of the molecule is COc1c(C)cc(C)cc1C(=O)CC1COCCN1. The summed E-state index contributed by atoms with van der Waals surface area (Å²) in [4.78, 5) is 12.4. The van der Waals surface area contributed by atoms with Gasteiger partial charge < -0.3 is 14.8 Å². The summed E-state index contributed by atoms with van der Waals surface area (Å²) in [5.41, 5.74) is 2.75. The summed E-state index contributed by atoms with van der Waals surface area (Å²) in [5.74, 6) is 0.791. The van der Waals surface area contributed by atoms with Gasteiger partial charge in [0.25, 0.3) is 0 Å². The van der Waals surface area contributed by atoms with Gasteiger partial charge in [-0.15, -0.1) is 0 Å². The Hall–Kier alpha value is -1.39. The van der Waals surface area contributed by atoms with Crippen molar-refractivity contribution in [2.24, 2.45) is 0 Å². The number of carbonyl (C=O) groups is 1. The molecule has 0 spiro atoms. The molecule has 4 nitrogen and oxygen atoms in total. The van der Waals surface area contributed by atoms with Gasteiger partial charge in [-0.3, -0.25) is 4.79 Å². The molecular formula is C15H21NO3. The smallest absolute Gasteiger partial charge is 0.168 e. The van der Waals surface area contributed by atoms with Gasteiger partial charge in [0, 0.05) is 19.0 Å². The Balaban J connectivity index is 2.17. The maximum Gasteiger partial charge on any atom is 0.168 e. The standard InChI is InChI=1S/C15H21NO3/c1-10-6-11(2)15(18-3)13(7-10)14(17)8-12-9-19-5-4-16-12/h6-7,12,16H,4-5,8-9H2,1-3H3. The van der Waals surface area contributed by atoms with E-state index in [-0.39, 0.29) is 11.8 Å². The molecule has 4 heteroatoms. The van der Waals surface area contributed by atoms with E-state index in [4.69, 9.17) is 9.47 Å². The van der Waals surface area contributed by atoms with E-state index in [1.165, 1.54) is 0 Å². The van der Waals surface area contributed by atoms with Crippen LogP contribution in [-0.4, -0.2) is 38.7 Å². The summed E-state index contributed by atoms with van der Waals surface area (Å²) in [5, 5.41) is 3.30. The predicted octanol–water partition coefficient (Wildman–Crippen LogP) is 1.87. The Labute approximate surface area is 114 Å². The molecule has 0 amide bonds. The second kappa shape index (κ2) is 6.17. The third kappa shape index (κ3) is 3.33. The van der Waals surface area contributed by atoms with Crippen LogP contribution in [0, 0.1) is 13.8 Å². The largest absolute Gasteiger partial charge is 0.496 e. The molecule has 1 N–H and O–H groups in total. The van der Waals surface area contributed by atoms with Gasteiger partial charge in [0.2, 0.25) is 0 Å².